The highest BCUT2D eigenvalue weighted by molar-refractivity contribution is 7.09. The van der Waals surface area contributed by atoms with E-state index in [0.717, 1.165) is 35.9 Å². The first-order valence-corrected chi connectivity index (χ1v) is 11.1. The Morgan fingerprint density at radius 2 is 1.97 bits per heavy atom. The van der Waals surface area contributed by atoms with Gasteiger partial charge in [-0.25, -0.2) is 4.98 Å². The number of carbonyl (C=O) groups excluding carboxylic acids is 1. The molecule has 4 nitrogen and oxygen atoms in total. The summed E-state index contributed by atoms with van der Waals surface area (Å²) in [6.45, 7) is 4.03. The van der Waals surface area contributed by atoms with Crippen LogP contribution in [0.25, 0.3) is 0 Å². The van der Waals surface area contributed by atoms with Crippen LogP contribution in [-0.4, -0.2) is 28.4 Å². The molecule has 1 unspecified atom stereocenters. The molecule has 0 spiro atoms. The molecule has 1 aliphatic rings. The van der Waals surface area contributed by atoms with E-state index in [2.05, 4.69) is 45.9 Å². The molecule has 4 rings (SSSR count). The van der Waals surface area contributed by atoms with Crippen LogP contribution >= 0.6 is 11.3 Å². The molecule has 1 N–H and O–H groups in total. The highest BCUT2D eigenvalue weighted by Gasteiger charge is 2.25. The molecule has 5 heteroatoms. The van der Waals surface area contributed by atoms with Gasteiger partial charge in [0.25, 0.3) is 0 Å². The molecule has 0 radical (unpaired) electrons. The predicted octanol–water partition coefficient (Wildman–Crippen LogP) is 4.84. The van der Waals surface area contributed by atoms with Crippen molar-refractivity contribution < 1.29 is 4.79 Å². The number of amides is 1. The number of carbonyl (C=O) groups is 1. The zero-order valence-corrected chi connectivity index (χ0v) is 17.6. The number of benzene rings is 2. The summed E-state index contributed by atoms with van der Waals surface area (Å²) in [6, 6.07) is 19.2. The second-order valence-corrected chi connectivity index (χ2v) is 8.72. The van der Waals surface area contributed by atoms with Gasteiger partial charge in [-0.3, -0.25) is 9.69 Å². The number of hydrogen-bond acceptors (Lipinski definition) is 4. The van der Waals surface area contributed by atoms with E-state index in [4.69, 9.17) is 4.98 Å². The lowest BCUT2D eigenvalue weighted by Crippen LogP contribution is -2.30. The highest BCUT2D eigenvalue weighted by atomic mass is 32.1. The van der Waals surface area contributed by atoms with Gasteiger partial charge in [-0.1, -0.05) is 48.0 Å². The highest BCUT2D eigenvalue weighted by Crippen LogP contribution is 2.24. The van der Waals surface area contributed by atoms with Crippen molar-refractivity contribution in [2.24, 2.45) is 0 Å². The van der Waals surface area contributed by atoms with Crippen molar-refractivity contribution in [3.8, 4) is 0 Å². The Balaban J connectivity index is 1.31. The third-order valence-electron chi connectivity index (χ3n) is 5.42. The van der Waals surface area contributed by atoms with Gasteiger partial charge in [0, 0.05) is 23.7 Å². The van der Waals surface area contributed by atoms with E-state index >= 15 is 0 Å². The SMILES string of the molecule is Cc1ccc(NC(=O)Cc2nc(CN3CCCC3Cc3ccccc3)cs2)cc1. The lowest BCUT2D eigenvalue weighted by molar-refractivity contribution is -0.115. The van der Waals surface area contributed by atoms with Crippen LogP contribution in [0.5, 0.6) is 0 Å². The van der Waals surface area contributed by atoms with Gasteiger partial charge >= 0.3 is 0 Å². The second-order valence-electron chi connectivity index (χ2n) is 7.78. The van der Waals surface area contributed by atoms with Gasteiger partial charge in [0.2, 0.25) is 5.91 Å². The molecule has 29 heavy (non-hydrogen) atoms. The zero-order valence-electron chi connectivity index (χ0n) is 16.8. The molecular weight excluding hydrogens is 378 g/mol. The third-order valence-corrected chi connectivity index (χ3v) is 6.32. The summed E-state index contributed by atoms with van der Waals surface area (Å²) in [5.41, 5.74) is 4.49. The number of nitrogens with zero attached hydrogens (tertiary/aromatic N) is 2. The minimum absolute atomic E-state index is 0.0159. The standard InChI is InChI=1S/C24H27N3OS/c1-18-9-11-20(12-10-18)25-23(28)15-24-26-21(17-29-24)16-27-13-5-8-22(27)14-19-6-3-2-4-7-19/h2-4,6-7,9-12,17,22H,5,8,13-16H2,1H3,(H,25,28). The van der Waals surface area contributed by atoms with E-state index in [1.807, 2.05) is 31.2 Å². The number of thiazole rings is 1. The fraction of sp³-hybridized carbons (Fsp3) is 0.333. The maximum absolute atomic E-state index is 12.3. The van der Waals surface area contributed by atoms with Crippen LogP contribution in [0.2, 0.25) is 0 Å². The normalized spacial score (nSPS) is 16.8. The minimum Gasteiger partial charge on any atom is -0.326 e. The van der Waals surface area contributed by atoms with Gasteiger partial charge in [0.05, 0.1) is 12.1 Å². The largest absolute Gasteiger partial charge is 0.326 e. The molecule has 1 aliphatic heterocycles. The molecule has 3 aromatic rings. The average Bonchev–Trinajstić information content (AvgIpc) is 3.34. The van der Waals surface area contributed by atoms with Gasteiger partial charge < -0.3 is 5.32 Å². The van der Waals surface area contributed by atoms with Crippen molar-refractivity contribution in [3.05, 3.63) is 81.8 Å². The van der Waals surface area contributed by atoms with Crippen molar-refractivity contribution in [3.63, 3.8) is 0 Å². The lowest BCUT2D eigenvalue weighted by Gasteiger charge is -2.23. The summed E-state index contributed by atoms with van der Waals surface area (Å²) in [5, 5.41) is 5.93. The molecule has 2 aromatic carbocycles. The number of rotatable bonds is 7. The maximum Gasteiger partial charge on any atom is 0.231 e. The zero-order chi connectivity index (χ0) is 20.1. The molecule has 1 fully saturated rings. The quantitative estimate of drug-likeness (QED) is 0.612. The van der Waals surface area contributed by atoms with Crippen molar-refractivity contribution in [1.29, 1.82) is 0 Å². The summed E-state index contributed by atoms with van der Waals surface area (Å²) in [5.74, 6) is -0.0159. The Morgan fingerprint density at radius 1 is 1.17 bits per heavy atom. The van der Waals surface area contributed by atoms with Crippen molar-refractivity contribution in [2.75, 3.05) is 11.9 Å². The topological polar surface area (TPSA) is 45.2 Å². The third kappa shape index (κ3) is 5.52. The summed E-state index contributed by atoms with van der Waals surface area (Å²) < 4.78 is 0. The van der Waals surface area contributed by atoms with Crippen LogP contribution in [-0.2, 0) is 24.2 Å². The molecule has 1 saturated heterocycles. The first kappa shape index (κ1) is 19.8. The first-order chi connectivity index (χ1) is 14.2. The van der Waals surface area contributed by atoms with Crippen LogP contribution < -0.4 is 5.32 Å². The molecule has 1 atom stereocenters. The monoisotopic (exact) mass is 405 g/mol. The van der Waals surface area contributed by atoms with Gasteiger partial charge in [0.15, 0.2) is 0 Å². The Kier molecular flexibility index (Phi) is 6.37. The number of likely N-dealkylation sites (tertiary alicyclic amines) is 1. The Morgan fingerprint density at radius 3 is 2.76 bits per heavy atom. The Hall–Kier alpha value is -2.50. The molecule has 0 bridgehead atoms. The van der Waals surface area contributed by atoms with E-state index < -0.39 is 0 Å². The minimum atomic E-state index is -0.0159. The van der Waals surface area contributed by atoms with Crippen molar-refractivity contribution >= 4 is 22.9 Å². The Labute approximate surface area is 176 Å². The van der Waals surface area contributed by atoms with Gasteiger partial charge in [-0.05, 0) is 50.4 Å². The van der Waals surface area contributed by atoms with Gasteiger partial charge in [-0.15, -0.1) is 11.3 Å². The molecule has 0 saturated carbocycles. The molecule has 2 heterocycles. The van der Waals surface area contributed by atoms with E-state index in [0.29, 0.717) is 12.5 Å². The smallest absolute Gasteiger partial charge is 0.231 e. The van der Waals surface area contributed by atoms with Crippen LogP contribution in [0.15, 0.2) is 60.0 Å². The Bertz CT molecular complexity index is 936. The number of anilines is 1. The van der Waals surface area contributed by atoms with Crippen LogP contribution in [0.1, 0.15) is 34.7 Å². The van der Waals surface area contributed by atoms with Crippen molar-refractivity contribution in [2.45, 2.75) is 45.2 Å². The van der Waals surface area contributed by atoms with Gasteiger partial charge in [0.1, 0.15) is 5.01 Å². The lowest BCUT2D eigenvalue weighted by atomic mass is 10.0. The second kappa shape index (κ2) is 9.33. The van der Waals surface area contributed by atoms with Crippen LogP contribution in [0.3, 0.4) is 0 Å². The molecule has 0 aliphatic carbocycles. The van der Waals surface area contributed by atoms with Crippen molar-refractivity contribution in [1.82, 2.24) is 9.88 Å². The maximum atomic E-state index is 12.3. The van der Waals surface area contributed by atoms with E-state index in [1.165, 1.54) is 24.0 Å². The van der Waals surface area contributed by atoms with Crippen LogP contribution in [0.4, 0.5) is 5.69 Å². The average molecular weight is 406 g/mol. The number of aryl methyl sites for hydroxylation is 1. The molecule has 150 valence electrons. The summed E-state index contributed by atoms with van der Waals surface area (Å²) in [7, 11) is 0. The molecular formula is C24H27N3OS. The van der Waals surface area contributed by atoms with Crippen LogP contribution in [0, 0.1) is 6.92 Å². The number of nitrogens with one attached hydrogen (secondary N) is 1. The number of aromatic nitrogens is 1. The molecule has 1 amide bonds. The van der Waals surface area contributed by atoms with E-state index in [9.17, 15) is 4.79 Å². The molecule has 1 aromatic heterocycles. The predicted molar refractivity (Wildman–Crippen MR) is 119 cm³/mol. The van der Waals surface area contributed by atoms with Gasteiger partial charge in [-0.2, -0.15) is 0 Å². The summed E-state index contributed by atoms with van der Waals surface area (Å²) in [4.78, 5) is 19.6. The summed E-state index contributed by atoms with van der Waals surface area (Å²) >= 11 is 1.58. The number of hydrogen-bond donors (Lipinski definition) is 1. The van der Waals surface area contributed by atoms with E-state index in [-0.39, 0.29) is 5.91 Å². The fourth-order valence-corrected chi connectivity index (χ4v) is 4.69. The first-order valence-electron chi connectivity index (χ1n) is 10.2. The van der Waals surface area contributed by atoms with E-state index in [1.54, 1.807) is 11.3 Å². The summed E-state index contributed by atoms with van der Waals surface area (Å²) in [6.07, 6.45) is 3.90. The fourth-order valence-electron chi connectivity index (χ4n) is 3.91.